The van der Waals surface area contributed by atoms with Crippen LogP contribution < -0.4 is 10.6 Å². The van der Waals surface area contributed by atoms with Crippen molar-refractivity contribution in [2.45, 2.75) is 58.5 Å². The molecule has 0 saturated carbocycles. The number of carbonyl (C=O) groups is 3. The molecule has 0 aliphatic carbocycles. The highest BCUT2D eigenvalue weighted by atomic mass is 16.4. The van der Waals surface area contributed by atoms with Crippen molar-refractivity contribution in [1.82, 2.24) is 10.6 Å². The highest BCUT2D eigenvalue weighted by molar-refractivity contribution is 5.88. The van der Waals surface area contributed by atoms with Crippen LogP contribution in [0.3, 0.4) is 0 Å². The Morgan fingerprint density at radius 2 is 1.89 bits per heavy atom. The molecule has 0 aliphatic rings. The van der Waals surface area contributed by atoms with E-state index in [1.165, 1.54) is 0 Å². The summed E-state index contributed by atoms with van der Waals surface area (Å²) in [5, 5.41) is 14.0. The summed E-state index contributed by atoms with van der Waals surface area (Å²) in [5.41, 5.74) is 0. The zero-order chi connectivity index (χ0) is 14.8. The molecule has 0 aromatic rings. The molecule has 0 radical (unpaired) electrons. The van der Waals surface area contributed by atoms with E-state index in [4.69, 9.17) is 5.11 Å². The largest absolute Gasteiger partial charge is 0.480 e. The number of carboxylic acid groups (broad SMARTS) is 1. The Balaban J connectivity index is 4.55. The van der Waals surface area contributed by atoms with Gasteiger partial charge in [-0.1, -0.05) is 33.6 Å². The molecule has 110 valence electrons. The molecule has 6 heteroatoms. The van der Waals surface area contributed by atoms with Crippen molar-refractivity contribution >= 4 is 18.3 Å². The summed E-state index contributed by atoms with van der Waals surface area (Å²) >= 11 is 0. The van der Waals surface area contributed by atoms with Crippen LogP contribution in [0, 0.1) is 5.92 Å². The Hall–Kier alpha value is -1.59. The van der Waals surface area contributed by atoms with E-state index >= 15 is 0 Å². The Kier molecular flexibility index (Phi) is 8.57. The first-order valence-electron chi connectivity index (χ1n) is 6.65. The Morgan fingerprint density at radius 1 is 1.26 bits per heavy atom. The van der Waals surface area contributed by atoms with E-state index in [2.05, 4.69) is 10.6 Å². The van der Waals surface area contributed by atoms with Gasteiger partial charge in [0.25, 0.3) is 0 Å². The minimum absolute atomic E-state index is 0.162. The van der Waals surface area contributed by atoms with Crippen molar-refractivity contribution in [2.75, 3.05) is 0 Å². The van der Waals surface area contributed by atoms with Crippen LogP contribution in [0.5, 0.6) is 0 Å². The number of aliphatic carboxylic acids is 1. The van der Waals surface area contributed by atoms with Crippen LogP contribution in [0.25, 0.3) is 0 Å². The normalized spacial score (nSPS) is 13.7. The zero-order valence-corrected chi connectivity index (χ0v) is 11.8. The Bertz CT molecular complexity index is 305. The quantitative estimate of drug-likeness (QED) is 0.515. The second-order valence-electron chi connectivity index (χ2n) is 5.01. The number of nitrogens with one attached hydrogen (secondary N) is 2. The molecule has 0 aromatic carbocycles. The lowest BCUT2D eigenvalue weighted by molar-refractivity contribution is -0.142. The highest BCUT2D eigenvalue weighted by Crippen LogP contribution is 2.07. The SMILES string of the molecule is CCCC[C@H](NC=O)C(=O)N[C@@H](CC(C)C)C(=O)O. The minimum atomic E-state index is -1.05. The lowest BCUT2D eigenvalue weighted by Gasteiger charge is -2.20. The number of unbranched alkanes of at least 4 members (excludes halogenated alkanes) is 1. The van der Waals surface area contributed by atoms with Crippen LogP contribution in [0.1, 0.15) is 46.5 Å². The summed E-state index contributed by atoms with van der Waals surface area (Å²) in [6.45, 7) is 5.76. The van der Waals surface area contributed by atoms with Gasteiger partial charge in [-0.3, -0.25) is 9.59 Å². The number of carbonyl (C=O) groups excluding carboxylic acids is 2. The molecule has 0 saturated heterocycles. The van der Waals surface area contributed by atoms with Crippen LogP contribution in [0.2, 0.25) is 0 Å². The number of amides is 2. The van der Waals surface area contributed by atoms with Gasteiger partial charge in [0.05, 0.1) is 0 Å². The molecule has 2 amide bonds. The Labute approximate surface area is 113 Å². The van der Waals surface area contributed by atoms with Gasteiger partial charge < -0.3 is 15.7 Å². The van der Waals surface area contributed by atoms with E-state index in [1.54, 1.807) is 0 Å². The van der Waals surface area contributed by atoms with E-state index in [0.717, 1.165) is 12.8 Å². The maximum atomic E-state index is 11.9. The number of hydrogen-bond acceptors (Lipinski definition) is 3. The van der Waals surface area contributed by atoms with Crippen molar-refractivity contribution in [2.24, 2.45) is 5.92 Å². The van der Waals surface area contributed by atoms with Gasteiger partial charge in [-0.2, -0.15) is 0 Å². The minimum Gasteiger partial charge on any atom is -0.480 e. The summed E-state index contributed by atoms with van der Waals surface area (Å²) in [4.78, 5) is 33.5. The molecular weight excluding hydrogens is 248 g/mol. The predicted molar refractivity (Wildman–Crippen MR) is 71.5 cm³/mol. The van der Waals surface area contributed by atoms with E-state index in [1.807, 2.05) is 20.8 Å². The first kappa shape index (κ1) is 17.4. The number of rotatable bonds is 10. The van der Waals surface area contributed by atoms with E-state index in [9.17, 15) is 14.4 Å². The lowest BCUT2D eigenvalue weighted by Crippen LogP contribution is -2.50. The lowest BCUT2D eigenvalue weighted by atomic mass is 10.0. The molecule has 3 N–H and O–H groups in total. The summed E-state index contributed by atoms with van der Waals surface area (Å²) < 4.78 is 0. The third-order valence-corrected chi connectivity index (χ3v) is 2.75. The molecule has 0 aromatic heterocycles. The summed E-state index contributed by atoms with van der Waals surface area (Å²) in [5.74, 6) is -1.33. The standard InChI is InChI=1S/C13H24N2O4/c1-4-5-6-10(14-8-16)12(17)15-11(13(18)19)7-9(2)3/h8-11H,4-7H2,1-3H3,(H,14,16)(H,15,17)(H,18,19)/t10-,11-/m0/s1. The fourth-order valence-corrected chi connectivity index (χ4v) is 1.75. The Morgan fingerprint density at radius 3 is 2.32 bits per heavy atom. The highest BCUT2D eigenvalue weighted by Gasteiger charge is 2.25. The third-order valence-electron chi connectivity index (χ3n) is 2.75. The van der Waals surface area contributed by atoms with Crippen LogP contribution in [-0.2, 0) is 14.4 Å². The van der Waals surface area contributed by atoms with Crippen LogP contribution in [0.4, 0.5) is 0 Å². The molecular formula is C13H24N2O4. The van der Waals surface area contributed by atoms with Gasteiger partial charge >= 0.3 is 5.97 Å². The zero-order valence-electron chi connectivity index (χ0n) is 11.8. The van der Waals surface area contributed by atoms with Gasteiger partial charge in [-0.15, -0.1) is 0 Å². The first-order valence-corrected chi connectivity index (χ1v) is 6.65. The van der Waals surface area contributed by atoms with Gasteiger partial charge in [-0.05, 0) is 18.8 Å². The van der Waals surface area contributed by atoms with Crippen LogP contribution >= 0.6 is 0 Å². The second kappa shape index (κ2) is 9.35. The molecule has 19 heavy (non-hydrogen) atoms. The molecule has 0 bridgehead atoms. The maximum Gasteiger partial charge on any atom is 0.326 e. The average Bonchev–Trinajstić information content (AvgIpc) is 2.32. The molecule has 0 fully saturated rings. The van der Waals surface area contributed by atoms with E-state index in [0.29, 0.717) is 19.3 Å². The van der Waals surface area contributed by atoms with Gasteiger partial charge in [0.1, 0.15) is 12.1 Å². The molecule has 0 spiro atoms. The summed E-state index contributed by atoms with van der Waals surface area (Å²) in [6, 6.07) is -1.57. The second-order valence-corrected chi connectivity index (χ2v) is 5.01. The van der Waals surface area contributed by atoms with E-state index in [-0.39, 0.29) is 5.92 Å². The van der Waals surface area contributed by atoms with Gasteiger partial charge in [0.15, 0.2) is 0 Å². The molecule has 0 aliphatic heterocycles. The van der Waals surface area contributed by atoms with Crippen molar-refractivity contribution in [1.29, 1.82) is 0 Å². The molecule has 0 heterocycles. The fraction of sp³-hybridized carbons (Fsp3) is 0.769. The average molecular weight is 272 g/mol. The van der Waals surface area contributed by atoms with Crippen molar-refractivity contribution in [3.8, 4) is 0 Å². The summed E-state index contributed by atoms with van der Waals surface area (Å²) in [6.07, 6.45) is 3.04. The van der Waals surface area contributed by atoms with Gasteiger partial charge in [-0.25, -0.2) is 4.79 Å². The van der Waals surface area contributed by atoms with Crippen LogP contribution in [0.15, 0.2) is 0 Å². The first-order chi connectivity index (χ1) is 8.92. The summed E-state index contributed by atoms with van der Waals surface area (Å²) in [7, 11) is 0. The molecule has 2 atom stereocenters. The topological polar surface area (TPSA) is 95.5 Å². The van der Waals surface area contributed by atoms with Crippen molar-refractivity contribution in [3.05, 3.63) is 0 Å². The van der Waals surface area contributed by atoms with Gasteiger partial charge in [0, 0.05) is 0 Å². The third kappa shape index (κ3) is 7.43. The number of hydrogen-bond donors (Lipinski definition) is 3. The predicted octanol–water partition coefficient (Wildman–Crippen LogP) is 0.907. The molecule has 6 nitrogen and oxygen atoms in total. The maximum absolute atomic E-state index is 11.9. The number of carboxylic acids is 1. The smallest absolute Gasteiger partial charge is 0.326 e. The molecule has 0 rings (SSSR count). The molecule has 0 unspecified atom stereocenters. The van der Waals surface area contributed by atoms with Crippen molar-refractivity contribution < 1.29 is 19.5 Å². The van der Waals surface area contributed by atoms with Crippen molar-refractivity contribution in [3.63, 3.8) is 0 Å². The van der Waals surface area contributed by atoms with Crippen LogP contribution in [-0.4, -0.2) is 35.5 Å². The fourth-order valence-electron chi connectivity index (χ4n) is 1.75. The monoisotopic (exact) mass is 272 g/mol. The van der Waals surface area contributed by atoms with E-state index < -0.39 is 24.0 Å². The van der Waals surface area contributed by atoms with Gasteiger partial charge in [0.2, 0.25) is 12.3 Å².